The smallest absolute Gasteiger partial charge is 0.335 e. The highest BCUT2D eigenvalue weighted by Crippen LogP contribution is 2.22. The average molecular weight is 256 g/mol. The standard InChI is InChI=1S/C14H24O4/c1-4-17-13(15)12-10-11(7-9-18-12)6-5-8-14(2,3)16/h7,12,16H,4-6,8-10H2,1-3H3. The van der Waals surface area contributed by atoms with Crippen LogP contribution in [0.4, 0.5) is 0 Å². The zero-order chi connectivity index (χ0) is 13.6. The normalized spacial score (nSPS) is 20.4. The van der Waals surface area contributed by atoms with Crippen molar-refractivity contribution in [1.29, 1.82) is 0 Å². The first-order valence-electron chi connectivity index (χ1n) is 6.61. The number of aliphatic hydroxyl groups is 1. The molecule has 0 aromatic heterocycles. The molecule has 1 rings (SSSR count). The van der Waals surface area contributed by atoms with Gasteiger partial charge in [0.2, 0.25) is 0 Å². The van der Waals surface area contributed by atoms with Crippen LogP contribution in [-0.2, 0) is 14.3 Å². The van der Waals surface area contributed by atoms with Crippen molar-refractivity contribution < 1.29 is 19.4 Å². The van der Waals surface area contributed by atoms with E-state index in [1.165, 1.54) is 5.57 Å². The lowest BCUT2D eigenvalue weighted by Crippen LogP contribution is -2.30. The lowest BCUT2D eigenvalue weighted by atomic mass is 9.95. The van der Waals surface area contributed by atoms with Crippen LogP contribution >= 0.6 is 0 Å². The number of rotatable bonds is 6. The first-order valence-corrected chi connectivity index (χ1v) is 6.61. The highest BCUT2D eigenvalue weighted by molar-refractivity contribution is 5.75. The molecule has 4 heteroatoms. The Balaban J connectivity index is 2.35. The van der Waals surface area contributed by atoms with E-state index < -0.39 is 11.7 Å². The highest BCUT2D eigenvalue weighted by Gasteiger charge is 2.24. The molecule has 0 aromatic rings. The molecule has 1 aliphatic heterocycles. The van der Waals surface area contributed by atoms with Crippen LogP contribution in [0, 0.1) is 0 Å². The van der Waals surface area contributed by atoms with Gasteiger partial charge in [-0.05, 0) is 40.0 Å². The quantitative estimate of drug-likeness (QED) is 0.584. The van der Waals surface area contributed by atoms with E-state index in [4.69, 9.17) is 9.47 Å². The van der Waals surface area contributed by atoms with Crippen molar-refractivity contribution >= 4 is 5.97 Å². The van der Waals surface area contributed by atoms with E-state index in [9.17, 15) is 9.90 Å². The molecule has 18 heavy (non-hydrogen) atoms. The minimum atomic E-state index is -0.619. The van der Waals surface area contributed by atoms with Crippen molar-refractivity contribution in [3.63, 3.8) is 0 Å². The molecular weight excluding hydrogens is 232 g/mol. The molecule has 1 N–H and O–H groups in total. The van der Waals surface area contributed by atoms with Crippen LogP contribution in [0.1, 0.15) is 46.5 Å². The molecule has 0 bridgehead atoms. The molecular formula is C14H24O4. The molecule has 0 saturated heterocycles. The van der Waals surface area contributed by atoms with Gasteiger partial charge in [-0.15, -0.1) is 0 Å². The predicted molar refractivity (Wildman–Crippen MR) is 69.2 cm³/mol. The molecule has 1 unspecified atom stereocenters. The first-order chi connectivity index (χ1) is 8.42. The average Bonchev–Trinajstić information content (AvgIpc) is 2.28. The summed E-state index contributed by atoms with van der Waals surface area (Å²) in [6.07, 6.45) is 4.78. The maximum Gasteiger partial charge on any atom is 0.335 e. The number of carbonyl (C=O) groups is 1. The monoisotopic (exact) mass is 256 g/mol. The summed E-state index contributed by atoms with van der Waals surface area (Å²) in [6, 6.07) is 0. The van der Waals surface area contributed by atoms with E-state index in [1.54, 1.807) is 6.92 Å². The van der Waals surface area contributed by atoms with Crippen molar-refractivity contribution in [3.8, 4) is 0 Å². The summed E-state index contributed by atoms with van der Waals surface area (Å²) in [4.78, 5) is 11.6. The van der Waals surface area contributed by atoms with Crippen molar-refractivity contribution in [3.05, 3.63) is 11.6 Å². The van der Waals surface area contributed by atoms with Crippen LogP contribution in [0.5, 0.6) is 0 Å². The maximum absolute atomic E-state index is 11.6. The highest BCUT2D eigenvalue weighted by atomic mass is 16.6. The molecule has 4 nitrogen and oxygen atoms in total. The Morgan fingerprint density at radius 2 is 2.33 bits per heavy atom. The summed E-state index contributed by atoms with van der Waals surface area (Å²) in [5, 5.41) is 9.64. The molecule has 0 amide bonds. The van der Waals surface area contributed by atoms with Crippen molar-refractivity contribution in [2.75, 3.05) is 13.2 Å². The van der Waals surface area contributed by atoms with E-state index in [1.807, 2.05) is 19.9 Å². The fourth-order valence-corrected chi connectivity index (χ4v) is 2.00. The number of ether oxygens (including phenoxy) is 2. The summed E-state index contributed by atoms with van der Waals surface area (Å²) in [5.41, 5.74) is 0.607. The second-order valence-electron chi connectivity index (χ2n) is 5.31. The second-order valence-corrected chi connectivity index (χ2v) is 5.31. The summed E-state index contributed by atoms with van der Waals surface area (Å²) in [5.74, 6) is -0.273. The fraction of sp³-hybridized carbons (Fsp3) is 0.786. The van der Waals surface area contributed by atoms with Gasteiger partial charge in [-0.25, -0.2) is 4.79 Å². The van der Waals surface area contributed by atoms with Crippen LogP contribution in [-0.4, -0.2) is 36.0 Å². The Kier molecular flexibility index (Phi) is 5.82. The maximum atomic E-state index is 11.6. The molecule has 0 saturated carbocycles. The van der Waals surface area contributed by atoms with Crippen LogP contribution in [0.3, 0.4) is 0 Å². The Morgan fingerprint density at radius 3 is 2.94 bits per heavy atom. The van der Waals surface area contributed by atoms with Gasteiger partial charge in [0.1, 0.15) is 0 Å². The Morgan fingerprint density at radius 1 is 1.61 bits per heavy atom. The third kappa shape index (κ3) is 5.65. The van der Waals surface area contributed by atoms with E-state index in [-0.39, 0.29) is 5.97 Å². The number of hydrogen-bond acceptors (Lipinski definition) is 4. The topological polar surface area (TPSA) is 55.8 Å². The first kappa shape index (κ1) is 15.2. The van der Waals surface area contributed by atoms with E-state index in [0.29, 0.717) is 19.6 Å². The molecule has 0 radical (unpaired) electrons. The van der Waals surface area contributed by atoms with Gasteiger partial charge in [0.05, 0.1) is 18.8 Å². The van der Waals surface area contributed by atoms with Crippen LogP contribution in [0.25, 0.3) is 0 Å². The van der Waals surface area contributed by atoms with Gasteiger partial charge in [-0.1, -0.05) is 11.6 Å². The molecule has 0 fully saturated rings. The van der Waals surface area contributed by atoms with Crippen LogP contribution in [0.2, 0.25) is 0 Å². The SMILES string of the molecule is CCOC(=O)C1CC(CCCC(C)(C)O)=CCO1. The zero-order valence-corrected chi connectivity index (χ0v) is 11.6. The summed E-state index contributed by atoms with van der Waals surface area (Å²) in [6.45, 7) is 6.28. The minimum Gasteiger partial charge on any atom is -0.464 e. The van der Waals surface area contributed by atoms with Crippen molar-refractivity contribution in [2.24, 2.45) is 0 Å². The van der Waals surface area contributed by atoms with Gasteiger partial charge in [0.15, 0.2) is 6.10 Å². The minimum absolute atomic E-state index is 0.273. The second kappa shape index (κ2) is 6.90. The van der Waals surface area contributed by atoms with Gasteiger partial charge < -0.3 is 14.6 Å². The fourth-order valence-electron chi connectivity index (χ4n) is 2.00. The molecule has 104 valence electrons. The Bertz CT molecular complexity index is 301. The Hall–Kier alpha value is -0.870. The molecule has 0 aromatic carbocycles. The summed E-state index contributed by atoms with van der Waals surface area (Å²) < 4.78 is 10.3. The number of esters is 1. The third-order valence-electron chi connectivity index (χ3n) is 2.95. The lowest BCUT2D eigenvalue weighted by Gasteiger charge is -2.23. The van der Waals surface area contributed by atoms with Gasteiger partial charge in [0.25, 0.3) is 0 Å². The Labute approximate surface area is 109 Å². The van der Waals surface area contributed by atoms with Gasteiger partial charge >= 0.3 is 5.97 Å². The van der Waals surface area contributed by atoms with E-state index >= 15 is 0 Å². The molecule has 0 aliphatic carbocycles. The lowest BCUT2D eigenvalue weighted by molar-refractivity contribution is -0.156. The third-order valence-corrected chi connectivity index (χ3v) is 2.95. The largest absolute Gasteiger partial charge is 0.464 e. The molecule has 1 aliphatic rings. The van der Waals surface area contributed by atoms with Crippen LogP contribution < -0.4 is 0 Å². The predicted octanol–water partition coefficient (Wildman–Crippen LogP) is 2.21. The number of hydrogen-bond donors (Lipinski definition) is 1. The molecule has 1 atom stereocenters. The number of carbonyl (C=O) groups excluding carboxylic acids is 1. The van der Waals surface area contributed by atoms with Gasteiger partial charge in [0, 0.05) is 6.42 Å². The van der Waals surface area contributed by atoms with E-state index in [0.717, 1.165) is 19.3 Å². The molecule has 0 spiro atoms. The summed E-state index contributed by atoms with van der Waals surface area (Å²) in [7, 11) is 0. The van der Waals surface area contributed by atoms with Crippen LogP contribution in [0.15, 0.2) is 11.6 Å². The van der Waals surface area contributed by atoms with Gasteiger partial charge in [-0.2, -0.15) is 0 Å². The van der Waals surface area contributed by atoms with Crippen molar-refractivity contribution in [1.82, 2.24) is 0 Å². The summed E-state index contributed by atoms with van der Waals surface area (Å²) >= 11 is 0. The van der Waals surface area contributed by atoms with Gasteiger partial charge in [-0.3, -0.25) is 0 Å². The van der Waals surface area contributed by atoms with Crippen molar-refractivity contribution in [2.45, 2.75) is 58.2 Å². The molecule has 1 heterocycles. The zero-order valence-electron chi connectivity index (χ0n) is 11.6. The van der Waals surface area contributed by atoms with E-state index in [2.05, 4.69) is 0 Å².